The number of para-hydroxylation sites is 1. The van der Waals surface area contributed by atoms with E-state index in [9.17, 15) is 10.1 Å². The number of rotatable bonds is 4. The molecule has 7 heteroatoms. The molecule has 0 aromatic heterocycles. The fourth-order valence-corrected chi connectivity index (χ4v) is 2.76. The Morgan fingerprint density at radius 2 is 1.79 bits per heavy atom. The second-order valence-electron chi connectivity index (χ2n) is 5.48. The molecule has 24 heavy (non-hydrogen) atoms. The fraction of sp³-hybridized carbons (Fsp3) is 0.235. The van der Waals surface area contributed by atoms with Crippen LogP contribution in [-0.4, -0.2) is 42.3 Å². The van der Waals surface area contributed by atoms with Gasteiger partial charge in [0, 0.05) is 41.5 Å². The summed E-state index contributed by atoms with van der Waals surface area (Å²) in [6.45, 7) is 3.34. The molecule has 0 radical (unpaired) electrons. The minimum Gasteiger partial charge on any atom is -0.368 e. The average Bonchev–Trinajstić information content (AvgIpc) is 2.62. The molecule has 1 fully saturated rings. The van der Waals surface area contributed by atoms with Crippen molar-refractivity contribution < 1.29 is 4.92 Å². The zero-order chi connectivity index (χ0) is 16.9. The number of hydrogen-bond acceptors (Lipinski definition) is 5. The molecular formula is C17H17ClN4O2. The first-order valence-electron chi connectivity index (χ1n) is 7.66. The first-order chi connectivity index (χ1) is 11.6. The molecule has 3 rings (SSSR count). The van der Waals surface area contributed by atoms with E-state index < -0.39 is 4.92 Å². The lowest BCUT2D eigenvalue weighted by atomic mass is 10.2. The topological polar surface area (TPSA) is 62.0 Å². The number of hydrogen-bond donors (Lipinski definition) is 0. The van der Waals surface area contributed by atoms with Crippen LogP contribution in [0.5, 0.6) is 0 Å². The van der Waals surface area contributed by atoms with Crippen molar-refractivity contribution in [2.45, 2.75) is 0 Å². The van der Waals surface area contributed by atoms with E-state index in [1.54, 1.807) is 6.21 Å². The van der Waals surface area contributed by atoms with E-state index in [2.05, 4.69) is 22.1 Å². The molecule has 6 nitrogen and oxygen atoms in total. The molecule has 1 aliphatic heterocycles. The van der Waals surface area contributed by atoms with Gasteiger partial charge in [-0.1, -0.05) is 29.8 Å². The van der Waals surface area contributed by atoms with E-state index >= 15 is 0 Å². The third-order valence-electron chi connectivity index (χ3n) is 3.93. The van der Waals surface area contributed by atoms with E-state index in [1.807, 2.05) is 23.2 Å². The summed E-state index contributed by atoms with van der Waals surface area (Å²) in [7, 11) is 0. The number of nitrogens with zero attached hydrogens (tertiary/aromatic N) is 4. The van der Waals surface area contributed by atoms with Gasteiger partial charge in [0.15, 0.2) is 0 Å². The molecule has 124 valence electrons. The van der Waals surface area contributed by atoms with Gasteiger partial charge < -0.3 is 4.90 Å². The highest BCUT2D eigenvalue weighted by molar-refractivity contribution is 6.33. The Labute approximate surface area is 145 Å². The van der Waals surface area contributed by atoms with Gasteiger partial charge >= 0.3 is 0 Å². The summed E-state index contributed by atoms with van der Waals surface area (Å²) >= 11 is 6.08. The molecule has 0 saturated carbocycles. The Bertz CT molecular complexity index is 744. The number of hydrazone groups is 1. The number of anilines is 1. The molecule has 0 bridgehead atoms. The second kappa shape index (κ2) is 7.31. The molecule has 0 aliphatic carbocycles. The Morgan fingerprint density at radius 3 is 2.46 bits per heavy atom. The number of halogens is 1. The molecule has 0 spiro atoms. The molecule has 1 heterocycles. The number of benzene rings is 2. The largest absolute Gasteiger partial charge is 0.368 e. The first kappa shape index (κ1) is 16.3. The summed E-state index contributed by atoms with van der Waals surface area (Å²) in [5.41, 5.74) is 1.77. The smallest absolute Gasteiger partial charge is 0.270 e. The van der Waals surface area contributed by atoms with Crippen LogP contribution in [0.2, 0.25) is 5.02 Å². The maximum absolute atomic E-state index is 10.8. The van der Waals surface area contributed by atoms with E-state index in [-0.39, 0.29) is 5.69 Å². The molecule has 0 amide bonds. The van der Waals surface area contributed by atoms with Crippen LogP contribution in [-0.2, 0) is 0 Å². The summed E-state index contributed by atoms with van der Waals surface area (Å²) < 4.78 is 0. The summed E-state index contributed by atoms with van der Waals surface area (Å²) in [6, 6.07) is 14.6. The lowest BCUT2D eigenvalue weighted by molar-refractivity contribution is -0.384. The number of non-ortho nitro benzene ring substituents is 1. The number of nitro groups is 1. The van der Waals surface area contributed by atoms with E-state index in [4.69, 9.17) is 11.6 Å². The number of nitro benzene ring substituents is 1. The molecular weight excluding hydrogens is 328 g/mol. The van der Waals surface area contributed by atoms with Crippen molar-refractivity contribution in [3.05, 3.63) is 69.2 Å². The third kappa shape index (κ3) is 3.83. The molecule has 0 unspecified atom stereocenters. The van der Waals surface area contributed by atoms with E-state index in [1.165, 1.54) is 23.9 Å². The maximum Gasteiger partial charge on any atom is 0.270 e. The average molecular weight is 345 g/mol. The van der Waals surface area contributed by atoms with Gasteiger partial charge in [-0.15, -0.1) is 0 Å². The molecule has 1 aliphatic rings. The highest BCUT2D eigenvalue weighted by Crippen LogP contribution is 2.21. The van der Waals surface area contributed by atoms with Crippen LogP contribution in [0.15, 0.2) is 53.6 Å². The van der Waals surface area contributed by atoms with Gasteiger partial charge in [-0.3, -0.25) is 15.1 Å². The van der Waals surface area contributed by atoms with E-state index in [0.29, 0.717) is 10.6 Å². The SMILES string of the molecule is O=[N+]([O-])c1ccc(Cl)c(C=NN2CCN(c3ccccc3)CC2)c1. The van der Waals surface area contributed by atoms with Gasteiger partial charge in [-0.05, 0) is 18.2 Å². The van der Waals surface area contributed by atoms with Crippen molar-refractivity contribution in [1.82, 2.24) is 5.01 Å². The van der Waals surface area contributed by atoms with E-state index in [0.717, 1.165) is 26.2 Å². The quantitative estimate of drug-likeness (QED) is 0.484. The third-order valence-corrected chi connectivity index (χ3v) is 4.27. The monoisotopic (exact) mass is 344 g/mol. The summed E-state index contributed by atoms with van der Waals surface area (Å²) in [5.74, 6) is 0. The predicted molar refractivity (Wildman–Crippen MR) is 95.9 cm³/mol. The lowest BCUT2D eigenvalue weighted by Crippen LogP contribution is -2.44. The maximum atomic E-state index is 10.8. The van der Waals surface area contributed by atoms with Crippen molar-refractivity contribution in [3.8, 4) is 0 Å². The second-order valence-corrected chi connectivity index (χ2v) is 5.89. The minimum absolute atomic E-state index is 0.00902. The normalized spacial score (nSPS) is 15.0. The minimum atomic E-state index is -0.438. The Kier molecular flexibility index (Phi) is 4.96. The fourth-order valence-electron chi connectivity index (χ4n) is 2.60. The lowest BCUT2D eigenvalue weighted by Gasteiger charge is -2.34. The van der Waals surface area contributed by atoms with Crippen LogP contribution in [0.25, 0.3) is 0 Å². The molecule has 0 N–H and O–H groups in total. The first-order valence-corrected chi connectivity index (χ1v) is 8.04. The van der Waals surface area contributed by atoms with Crippen molar-refractivity contribution >= 4 is 29.2 Å². The molecule has 0 atom stereocenters. The van der Waals surface area contributed by atoms with Crippen molar-refractivity contribution in [2.75, 3.05) is 31.1 Å². The standard InChI is InChI=1S/C17H17ClN4O2/c18-17-7-6-16(22(23)24)12-14(17)13-19-21-10-8-20(9-11-21)15-4-2-1-3-5-15/h1-7,12-13H,8-11H2. The Hall–Kier alpha value is -2.60. The van der Waals surface area contributed by atoms with Gasteiger partial charge in [0.05, 0.1) is 24.2 Å². The van der Waals surface area contributed by atoms with Crippen molar-refractivity contribution in [1.29, 1.82) is 0 Å². The molecule has 2 aromatic carbocycles. The van der Waals surface area contributed by atoms with Gasteiger partial charge in [0.25, 0.3) is 5.69 Å². The van der Waals surface area contributed by atoms with Gasteiger partial charge in [-0.2, -0.15) is 5.10 Å². The zero-order valence-corrected chi connectivity index (χ0v) is 13.8. The van der Waals surface area contributed by atoms with Crippen molar-refractivity contribution in [2.24, 2.45) is 5.10 Å². The van der Waals surface area contributed by atoms with Gasteiger partial charge in [0.2, 0.25) is 0 Å². The number of piperazine rings is 1. The highest BCUT2D eigenvalue weighted by Gasteiger charge is 2.15. The Balaban J connectivity index is 1.63. The molecule has 2 aromatic rings. The van der Waals surface area contributed by atoms with Crippen LogP contribution in [0.3, 0.4) is 0 Å². The highest BCUT2D eigenvalue weighted by atomic mass is 35.5. The van der Waals surface area contributed by atoms with Crippen LogP contribution in [0, 0.1) is 10.1 Å². The predicted octanol–water partition coefficient (Wildman–Crippen LogP) is 3.40. The summed E-state index contributed by atoms with van der Waals surface area (Å²) in [4.78, 5) is 12.7. The summed E-state index contributed by atoms with van der Waals surface area (Å²) in [5, 5.41) is 17.7. The van der Waals surface area contributed by atoms with Gasteiger partial charge in [0.1, 0.15) is 0 Å². The van der Waals surface area contributed by atoms with Crippen LogP contribution in [0.1, 0.15) is 5.56 Å². The zero-order valence-electron chi connectivity index (χ0n) is 13.0. The Morgan fingerprint density at radius 1 is 1.08 bits per heavy atom. The van der Waals surface area contributed by atoms with Crippen LogP contribution < -0.4 is 4.90 Å². The van der Waals surface area contributed by atoms with Crippen LogP contribution >= 0.6 is 11.6 Å². The molecule has 1 saturated heterocycles. The van der Waals surface area contributed by atoms with Gasteiger partial charge in [-0.25, -0.2) is 0 Å². The van der Waals surface area contributed by atoms with Crippen molar-refractivity contribution in [3.63, 3.8) is 0 Å². The van der Waals surface area contributed by atoms with Crippen LogP contribution in [0.4, 0.5) is 11.4 Å². The summed E-state index contributed by atoms with van der Waals surface area (Å²) in [6.07, 6.45) is 1.59.